The van der Waals surface area contributed by atoms with Gasteiger partial charge in [0.05, 0.1) is 28.1 Å². The lowest BCUT2D eigenvalue weighted by Gasteiger charge is -2.28. The van der Waals surface area contributed by atoms with Crippen LogP contribution >= 0.6 is 0 Å². The smallest absolute Gasteiger partial charge is 0.0878 e. The van der Waals surface area contributed by atoms with Gasteiger partial charge in [-0.2, -0.15) is 0 Å². The molecule has 3 aromatic heterocycles. The molecule has 0 bridgehead atoms. The number of rotatable bonds is 2. The Labute approximate surface area is 147 Å². The zero-order valence-electron chi connectivity index (χ0n) is 14.2. The molecule has 124 valence electrons. The summed E-state index contributed by atoms with van der Waals surface area (Å²) in [6, 6.07) is 21.4. The van der Waals surface area contributed by atoms with E-state index in [-0.39, 0.29) is 0 Å². The van der Waals surface area contributed by atoms with Crippen molar-refractivity contribution in [1.82, 2.24) is 9.38 Å². The van der Waals surface area contributed by atoms with Gasteiger partial charge in [-0.1, -0.05) is 30.3 Å². The van der Waals surface area contributed by atoms with Gasteiger partial charge in [0.15, 0.2) is 0 Å². The van der Waals surface area contributed by atoms with Crippen LogP contribution in [0, 0.1) is 0 Å². The second kappa shape index (κ2) is 5.92. The number of aromatic nitrogens is 2. The van der Waals surface area contributed by atoms with Gasteiger partial charge in [-0.25, -0.2) is 4.98 Å². The van der Waals surface area contributed by atoms with Crippen LogP contribution in [0.3, 0.4) is 0 Å². The molecule has 1 aliphatic heterocycles. The van der Waals surface area contributed by atoms with Crippen LogP contribution in [0.2, 0.25) is 0 Å². The van der Waals surface area contributed by atoms with Crippen molar-refractivity contribution in [3.05, 3.63) is 66.9 Å². The minimum absolute atomic E-state index is 1.03. The van der Waals surface area contributed by atoms with E-state index in [9.17, 15) is 0 Å². The number of para-hydroxylation sites is 1. The zero-order valence-corrected chi connectivity index (χ0v) is 14.2. The molecule has 0 unspecified atom stereocenters. The molecule has 0 saturated carbocycles. The molecule has 0 spiro atoms. The van der Waals surface area contributed by atoms with E-state index < -0.39 is 0 Å². The highest BCUT2D eigenvalue weighted by molar-refractivity contribution is 5.85. The van der Waals surface area contributed by atoms with Gasteiger partial charge in [0.1, 0.15) is 0 Å². The van der Waals surface area contributed by atoms with Crippen LogP contribution in [-0.4, -0.2) is 22.5 Å². The molecule has 0 N–H and O–H groups in total. The number of benzene rings is 1. The SMILES string of the molecule is c1ccc2nc(-c3cc(N4CCCCC4)c4ccccn34)ccc2c1. The van der Waals surface area contributed by atoms with Crippen LogP contribution in [0.4, 0.5) is 5.69 Å². The van der Waals surface area contributed by atoms with Gasteiger partial charge in [0.2, 0.25) is 0 Å². The van der Waals surface area contributed by atoms with E-state index in [0.717, 1.165) is 24.3 Å². The summed E-state index contributed by atoms with van der Waals surface area (Å²) >= 11 is 0. The highest BCUT2D eigenvalue weighted by Crippen LogP contribution is 2.33. The molecule has 1 aromatic carbocycles. The Balaban J connectivity index is 1.69. The highest BCUT2D eigenvalue weighted by Gasteiger charge is 2.18. The van der Waals surface area contributed by atoms with Crippen LogP contribution in [0.15, 0.2) is 66.9 Å². The van der Waals surface area contributed by atoms with Crippen molar-refractivity contribution in [3.63, 3.8) is 0 Å². The van der Waals surface area contributed by atoms with E-state index in [1.54, 1.807) is 0 Å². The monoisotopic (exact) mass is 327 g/mol. The molecule has 4 heterocycles. The quantitative estimate of drug-likeness (QED) is 0.508. The number of pyridine rings is 2. The fraction of sp³-hybridized carbons (Fsp3) is 0.227. The summed E-state index contributed by atoms with van der Waals surface area (Å²) in [5.74, 6) is 0. The van der Waals surface area contributed by atoms with Crippen molar-refractivity contribution in [1.29, 1.82) is 0 Å². The van der Waals surface area contributed by atoms with E-state index in [1.165, 1.54) is 41.5 Å². The summed E-state index contributed by atoms with van der Waals surface area (Å²) in [5, 5.41) is 1.18. The van der Waals surface area contributed by atoms with Crippen molar-refractivity contribution >= 4 is 22.1 Å². The molecular weight excluding hydrogens is 306 g/mol. The van der Waals surface area contributed by atoms with Gasteiger partial charge >= 0.3 is 0 Å². The molecule has 3 heteroatoms. The number of anilines is 1. The fourth-order valence-electron chi connectivity index (χ4n) is 3.93. The van der Waals surface area contributed by atoms with Crippen LogP contribution in [0.5, 0.6) is 0 Å². The first-order chi connectivity index (χ1) is 12.4. The molecule has 0 radical (unpaired) electrons. The molecule has 0 aliphatic carbocycles. The van der Waals surface area contributed by atoms with Gasteiger partial charge in [-0.15, -0.1) is 0 Å². The van der Waals surface area contributed by atoms with Crippen LogP contribution < -0.4 is 4.90 Å². The maximum Gasteiger partial charge on any atom is 0.0878 e. The zero-order chi connectivity index (χ0) is 16.6. The lowest BCUT2D eigenvalue weighted by molar-refractivity contribution is 0.579. The molecular formula is C22H21N3. The Morgan fingerprint density at radius 1 is 0.800 bits per heavy atom. The predicted octanol–water partition coefficient (Wildman–Crippen LogP) is 5.14. The van der Waals surface area contributed by atoms with E-state index >= 15 is 0 Å². The first-order valence-electron chi connectivity index (χ1n) is 9.11. The average molecular weight is 327 g/mol. The third-order valence-electron chi connectivity index (χ3n) is 5.21. The number of hydrogen-bond donors (Lipinski definition) is 0. The summed E-state index contributed by atoms with van der Waals surface area (Å²) in [6.07, 6.45) is 6.07. The Bertz CT molecular complexity index is 1040. The summed E-state index contributed by atoms with van der Waals surface area (Å²) in [6.45, 7) is 2.30. The van der Waals surface area contributed by atoms with E-state index in [1.807, 2.05) is 0 Å². The first kappa shape index (κ1) is 14.5. The van der Waals surface area contributed by atoms with Gasteiger partial charge < -0.3 is 9.30 Å². The van der Waals surface area contributed by atoms with Gasteiger partial charge in [0, 0.05) is 24.7 Å². The topological polar surface area (TPSA) is 20.5 Å². The molecule has 3 nitrogen and oxygen atoms in total. The molecule has 1 saturated heterocycles. The fourth-order valence-corrected chi connectivity index (χ4v) is 3.93. The number of piperidine rings is 1. The molecule has 25 heavy (non-hydrogen) atoms. The van der Waals surface area contributed by atoms with Gasteiger partial charge in [0.25, 0.3) is 0 Å². The first-order valence-corrected chi connectivity index (χ1v) is 9.11. The summed E-state index contributed by atoms with van der Waals surface area (Å²) in [4.78, 5) is 7.45. The Morgan fingerprint density at radius 2 is 1.64 bits per heavy atom. The number of nitrogens with zero attached hydrogens (tertiary/aromatic N) is 3. The minimum atomic E-state index is 1.03. The molecule has 1 aliphatic rings. The third-order valence-corrected chi connectivity index (χ3v) is 5.21. The summed E-state index contributed by atoms with van der Waals surface area (Å²) < 4.78 is 2.28. The Kier molecular flexibility index (Phi) is 3.44. The summed E-state index contributed by atoms with van der Waals surface area (Å²) in [5.41, 5.74) is 5.86. The van der Waals surface area contributed by atoms with Crippen molar-refractivity contribution in [3.8, 4) is 11.4 Å². The van der Waals surface area contributed by atoms with Crippen molar-refractivity contribution in [2.24, 2.45) is 0 Å². The normalized spacial score (nSPS) is 15.1. The number of hydrogen-bond acceptors (Lipinski definition) is 2. The molecule has 4 aromatic rings. The van der Waals surface area contributed by atoms with E-state index in [4.69, 9.17) is 4.98 Å². The summed E-state index contributed by atoms with van der Waals surface area (Å²) in [7, 11) is 0. The van der Waals surface area contributed by atoms with E-state index in [2.05, 4.69) is 76.2 Å². The Morgan fingerprint density at radius 3 is 2.56 bits per heavy atom. The average Bonchev–Trinajstić information content (AvgIpc) is 3.08. The standard InChI is InChI=1S/C22H21N3/c1-5-13-24(14-6-1)22-16-21(25-15-7-4-10-20(22)25)19-12-11-17-8-2-3-9-18(17)23-19/h2-4,7-12,15-16H,1,5-6,13-14H2. The number of fused-ring (bicyclic) bond motifs is 2. The van der Waals surface area contributed by atoms with Crippen molar-refractivity contribution < 1.29 is 0 Å². The van der Waals surface area contributed by atoms with Crippen molar-refractivity contribution in [2.45, 2.75) is 19.3 Å². The highest BCUT2D eigenvalue weighted by atomic mass is 15.2. The van der Waals surface area contributed by atoms with Crippen molar-refractivity contribution in [2.75, 3.05) is 18.0 Å². The molecule has 5 rings (SSSR count). The second-order valence-electron chi connectivity index (χ2n) is 6.81. The van der Waals surface area contributed by atoms with Gasteiger partial charge in [-0.3, -0.25) is 0 Å². The van der Waals surface area contributed by atoms with Crippen LogP contribution in [0.25, 0.3) is 27.8 Å². The van der Waals surface area contributed by atoms with Crippen LogP contribution in [0.1, 0.15) is 19.3 Å². The second-order valence-corrected chi connectivity index (χ2v) is 6.81. The predicted molar refractivity (Wildman–Crippen MR) is 104 cm³/mol. The van der Waals surface area contributed by atoms with E-state index in [0.29, 0.717) is 0 Å². The lowest BCUT2D eigenvalue weighted by atomic mass is 10.1. The molecule has 1 fully saturated rings. The Hall–Kier alpha value is -2.81. The molecule has 0 amide bonds. The minimum Gasteiger partial charge on any atom is -0.370 e. The van der Waals surface area contributed by atoms with Gasteiger partial charge in [-0.05, 0) is 49.6 Å². The molecule has 0 atom stereocenters. The largest absolute Gasteiger partial charge is 0.370 e. The maximum atomic E-state index is 4.91. The lowest BCUT2D eigenvalue weighted by Crippen LogP contribution is -2.29. The van der Waals surface area contributed by atoms with Crippen LogP contribution in [-0.2, 0) is 0 Å². The maximum absolute atomic E-state index is 4.91. The third kappa shape index (κ3) is 2.47.